The average molecular weight is 434 g/mol. The van der Waals surface area contributed by atoms with Crippen LogP contribution < -0.4 is 5.32 Å². The van der Waals surface area contributed by atoms with Crippen LogP contribution in [0.3, 0.4) is 0 Å². The number of hydrogen-bond donors (Lipinski definition) is 1. The van der Waals surface area contributed by atoms with Crippen molar-refractivity contribution < 1.29 is 18.0 Å². The molecule has 2 aromatic rings. The summed E-state index contributed by atoms with van der Waals surface area (Å²) in [7, 11) is -0.709. The lowest BCUT2D eigenvalue weighted by molar-refractivity contribution is -0.119. The van der Waals surface area contributed by atoms with E-state index >= 15 is 0 Å². The normalized spacial score (nSPS) is 16.8. The van der Waals surface area contributed by atoms with Gasteiger partial charge in [-0.1, -0.05) is 24.3 Å². The summed E-state index contributed by atoms with van der Waals surface area (Å²) in [5.74, 6) is 0.386. The molecule has 0 saturated carbocycles. The number of aryl methyl sites for hydroxylation is 1. The predicted molar refractivity (Wildman–Crippen MR) is 114 cm³/mol. The fourth-order valence-electron chi connectivity index (χ4n) is 2.93. The molecule has 0 spiro atoms. The van der Waals surface area contributed by atoms with E-state index < -0.39 is 16.1 Å². The standard InChI is InChI=1S/C20H23N3O4S2/c1-14-9-10-16(29(26,27)22(2)3)11-17(14)21-19(24)18-12-28-13-23(18)20(25)15-7-5-4-6-8-15/h4-11,18H,12-13H2,1-3H3,(H,21,24)/t18-/m0/s1. The Kier molecular flexibility index (Phi) is 6.30. The number of amides is 2. The van der Waals surface area contributed by atoms with Crippen LogP contribution in [0.2, 0.25) is 0 Å². The molecule has 0 aliphatic carbocycles. The van der Waals surface area contributed by atoms with Crippen LogP contribution in [0.5, 0.6) is 0 Å². The van der Waals surface area contributed by atoms with E-state index in [1.54, 1.807) is 42.2 Å². The minimum Gasteiger partial charge on any atom is -0.324 e. The van der Waals surface area contributed by atoms with Crippen molar-refractivity contribution in [2.24, 2.45) is 0 Å². The van der Waals surface area contributed by atoms with Crippen molar-refractivity contribution in [1.29, 1.82) is 0 Å². The summed E-state index contributed by atoms with van der Waals surface area (Å²) in [6, 6.07) is 12.8. The topological polar surface area (TPSA) is 86.8 Å². The quantitative estimate of drug-likeness (QED) is 0.783. The monoisotopic (exact) mass is 433 g/mol. The van der Waals surface area contributed by atoms with E-state index in [1.807, 2.05) is 6.07 Å². The Hall–Kier alpha value is -2.36. The molecule has 3 rings (SSSR count). The Labute approximate surface area is 175 Å². The zero-order valence-corrected chi connectivity index (χ0v) is 18.1. The third-order valence-electron chi connectivity index (χ3n) is 4.71. The number of sulfonamides is 1. The number of hydrogen-bond acceptors (Lipinski definition) is 5. The highest BCUT2D eigenvalue weighted by atomic mass is 32.2. The first-order valence-corrected chi connectivity index (χ1v) is 11.6. The Bertz CT molecular complexity index is 1020. The maximum absolute atomic E-state index is 12.9. The fraction of sp³-hybridized carbons (Fsp3) is 0.300. The van der Waals surface area contributed by atoms with Crippen LogP contribution >= 0.6 is 11.8 Å². The van der Waals surface area contributed by atoms with Crippen molar-refractivity contribution in [3.8, 4) is 0 Å². The molecule has 1 aliphatic rings. The van der Waals surface area contributed by atoms with Gasteiger partial charge in [-0.25, -0.2) is 12.7 Å². The van der Waals surface area contributed by atoms with E-state index in [0.29, 0.717) is 22.9 Å². The van der Waals surface area contributed by atoms with Crippen molar-refractivity contribution in [3.63, 3.8) is 0 Å². The SMILES string of the molecule is Cc1ccc(S(=O)(=O)N(C)C)cc1NC(=O)[C@@H]1CSCN1C(=O)c1ccccc1. The molecule has 7 nitrogen and oxygen atoms in total. The Balaban J connectivity index is 1.82. The summed E-state index contributed by atoms with van der Waals surface area (Å²) in [5, 5.41) is 2.81. The van der Waals surface area contributed by atoms with Gasteiger partial charge in [-0.15, -0.1) is 11.8 Å². The van der Waals surface area contributed by atoms with Gasteiger partial charge in [-0.2, -0.15) is 0 Å². The predicted octanol–water partition coefficient (Wildman–Crippen LogP) is 2.40. The van der Waals surface area contributed by atoms with Gasteiger partial charge in [0.15, 0.2) is 0 Å². The van der Waals surface area contributed by atoms with Crippen LogP contribution in [0.25, 0.3) is 0 Å². The van der Waals surface area contributed by atoms with E-state index in [1.165, 1.54) is 38.0 Å². The van der Waals surface area contributed by atoms with Gasteiger partial charge >= 0.3 is 0 Å². The van der Waals surface area contributed by atoms with Crippen LogP contribution in [0.1, 0.15) is 15.9 Å². The molecule has 1 saturated heterocycles. The first kappa shape index (κ1) is 21.4. The zero-order chi connectivity index (χ0) is 21.2. The van der Waals surface area contributed by atoms with Gasteiger partial charge in [-0.3, -0.25) is 9.59 Å². The molecule has 1 aliphatic heterocycles. The van der Waals surface area contributed by atoms with Crippen LogP contribution in [0.4, 0.5) is 5.69 Å². The maximum Gasteiger partial charge on any atom is 0.255 e. The highest BCUT2D eigenvalue weighted by Crippen LogP contribution is 2.26. The third kappa shape index (κ3) is 4.47. The summed E-state index contributed by atoms with van der Waals surface area (Å²) in [5.41, 5.74) is 1.69. The zero-order valence-electron chi connectivity index (χ0n) is 16.5. The molecular formula is C20H23N3O4S2. The summed E-state index contributed by atoms with van der Waals surface area (Å²) >= 11 is 1.51. The lowest BCUT2D eigenvalue weighted by Crippen LogP contribution is -2.44. The van der Waals surface area contributed by atoms with Crippen molar-refractivity contribution in [1.82, 2.24) is 9.21 Å². The lowest BCUT2D eigenvalue weighted by Gasteiger charge is -2.23. The van der Waals surface area contributed by atoms with E-state index in [-0.39, 0.29) is 16.7 Å². The second kappa shape index (κ2) is 8.56. The molecule has 2 aromatic carbocycles. The van der Waals surface area contributed by atoms with Crippen LogP contribution in [0.15, 0.2) is 53.4 Å². The second-order valence-corrected chi connectivity index (χ2v) is 10.1. The molecule has 2 amide bonds. The van der Waals surface area contributed by atoms with Crippen molar-refractivity contribution in [3.05, 3.63) is 59.7 Å². The number of rotatable bonds is 5. The number of nitrogens with zero attached hydrogens (tertiary/aromatic N) is 2. The molecule has 9 heteroatoms. The molecule has 1 heterocycles. The van der Waals surface area contributed by atoms with E-state index in [2.05, 4.69) is 5.32 Å². The number of carbonyl (C=O) groups excluding carboxylic acids is 2. The van der Waals surface area contributed by atoms with Gasteiger partial charge in [0, 0.05) is 31.1 Å². The molecule has 1 N–H and O–H groups in total. The molecular weight excluding hydrogens is 410 g/mol. The van der Waals surface area contributed by atoms with E-state index in [0.717, 1.165) is 9.87 Å². The lowest BCUT2D eigenvalue weighted by atomic mass is 10.1. The Morgan fingerprint density at radius 3 is 2.48 bits per heavy atom. The number of nitrogens with one attached hydrogen (secondary N) is 1. The van der Waals surface area contributed by atoms with Crippen LogP contribution in [-0.4, -0.2) is 61.2 Å². The van der Waals surface area contributed by atoms with Crippen molar-refractivity contribution in [2.75, 3.05) is 31.0 Å². The van der Waals surface area contributed by atoms with E-state index in [9.17, 15) is 18.0 Å². The molecule has 154 valence electrons. The highest BCUT2D eigenvalue weighted by Gasteiger charge is 2.35. The maximum atomic E-state index is 12.9. The first-order valence-electron chi connectivity index (χ1n) is 8.99. The van der Waals surface area contributed by atoms with Gasteiger partial charge in [0.25, 0.3) is 5.91 Å². The molecule has 0 bridgehead atoms. The Morgan fingerprint density at radius 2 is 1.83 bits per heavy atom. The fourth-order valence-corrected chi connectivity index (χ4v) is 5.01. The van der Waals surface area contributed by atoms with Gasteiger partial charge < -0.3 is 10.2 Å². The van der Waals surface area contributed by atoms with Crippen LogP contribution in [0, 0.1) is 6.92 Å². The molecule has 1 atom stereocenters. The third-order valence-corrected chi connectivity index (χ3v) is 7.54. The number of anilines is 1. The van der Waals surface area contributed by atoms with Crippen molar-refractivity contribution >= 4 is 39.3 Å². The number of benzene rings is 2. The molecule has 29 heavy (non-hydrogen) atoms. The average Bonchev–Trinajstić information content (AvgIpc) is 3.19. The molecule has 0 unspecified atom stereocenters. The smallest absolute Gasteiger partial charge is 0.255 e. The molecule has 0 radical (unpaired) electrons. The number of carbonyl (C=O) groups is 2. The summed E-state index contributed by atoms with van der Waals surface area (Å²) in [6.07, 6.45) is 0. The van der Waals surface area contributed by atoms with Gasteiger partial charge in [0.2, 0.25) is 15.9 Å². The molecule has 1 fully saturated rings. The summed E-state index contributed by atoms with van der Waals surface area (Å²) < 4.78 is 25.9. The van der Waals surface area contributed by atoms with Gasteiger partial charge in [-0.05, 0) is 36.8 Å². The minimum absolute atomic E-state index is 0.0985. The highest BCUT2D eigenvalue weighted by molar-refractivity contribution is 7.99. The van der Waals surface area contributed by atoms with Crippen LogP contribution in [-0.2, 0) is 14.8 Å². The first-order chi connectivity index (χ1) is 13.7. The second-order valence-electron chi connectivity index (χ2n) is 6.91. The summed E-state index contributed by atoms with van der Waals surface area (Å²) in [4.78, 5) is 27.4. The van der Waals surface area contributed by atoms with E-state index in [4.69, 9.17) is 0 Å². The van der Waals surface area contributed by atoms with Crippen molar-refractivity contribution in [2.45, 2.75) is 17.9 Å². The number of thioether (sulfide) groups is 1. The minimum atomic E-state index is -3.62. The largest absolute Gasteiger partial charge is 0.324 e. The Morgan fingerprint density at radius 1 is 1.14 bits per heavy atom. The van der Waals surface area contributed by atoms with Gasteiger partial charge in [0.1, 0.15) is 6.04 Å². The molecule has 0 aromatic heterocycles. The summed E-state index contributed by atoms with van der Waals surface area (Å²) in [6.45, 7) is 1.79. The van der Waals surface area contributed by atoms with Gasteiger partial charge in [0.05, 0.1) is 10.8 Å².